The zero-order chi connectivity index (χ0) is 14.9. The molecule has 0 bridgehead atoms. The molecular formula is C17H24FNO. The first-order valence-electron chi connectivity index (χ1n) is 7.26. The van der Waals surface area contributed by atoms with Gasteiger partial charge in [-0.15, -0.1) is 0 Å². The van der Waals surface area contributed by atoms with Crippen molar-refractivity contribution in [3.8, 4) is 0 Å². The first-order valence-corrected chi connectivity index (χ1v) is 7.26. The molecule has 110 valence electrons. The van der Waals surface area contributed by atoms with Crippen molar-refractivity contribution in [2.45, 2.75) is 47.1 Å². The van der Waals surface area contributed by atoms with Crippen molar-refractivity contribution in [2.75, 3.05) is 6.54 Å². The summed E-state index contributed by atoms with van der Waals surface area (Å²) >= 11 is 0. The summed E-state index contributed by atoms with van der Waals surface area (Å²) in [5.74, 6) is 0.522. The molecule has 2 nitrogen and oxygen atoms in total. The summed E-state index contributed by atoms with van der Waals surface area (Å²) in [4.78, 5) is 0. The standard InChI is InChI=1S/C17H24FNO/c1-6-9-19-16(17(3,4)5)14-10-12-11(2)7-8-13(18)15(12)20-14/h7-8,10,16,19H,6,9H2,1-5H3. The van der Waals surface area contributed by atoms with Crippen molar-refractivity contribution in [1.29, 1.82) is 0 Å². The average Bonchev–Trinajstić information content (AvgIpc) is 2.79. The van der Waals surface area contributed by atoms with Gasteiger partial charge in [0.25, 0.3) is 0 Å². The van der Waals surface area contributed by atoms with Gasteiger partial charge in [0.2, 0.25) is 0 Å². The molecule has 1 aromatic heterocycles. The van der Waals surface area contributed by atoms with E-state index in [1.807, 2.05) is 13.0 Å². The molecule has 0 aliphatic rings. The number of benzene rings is 1. The molecule has 0 aliphatic heterocycles. The van der Waals surface area contributed by atoms with Gasteiger partial charge in [-0.25, -0.2) is 4.39 Å². The van der Waals surface area contributed by atoms with E-state index in [-0.39, 0.29) is 17.3 Å². The maximum absolute atomic E-state index is 13.9. The minimum Gasteiger partial charge on any atom is -0.456 e. The molecule has 0 saturated carbocycles. The van der Waals surface area contributed by atoms with Gasteiger partial charge in [0.15, 0.2) is 11.4 Å². The zero-order valence-corrected chi connectivity index (χ0v) is 13.0. The Morgan fingerprint density at radius 3 is 2.55 bits per heavy atom. The van der Waals surface area contributed by atoms with E-state index in [9.17, 15) is 4.39 Å². The van der Waals surface area contributed by atoms with Crippen LogP contribution in [0.15, 0.2) is 22.6 Å². The molecule has 0 saturated heterocycles. The first kappa shape index (κ1) is 15.0. The molecule has 1 unspecified atom stereocenters. The molecular weight excluding hydrogens is 253 g/mol. The van der Waals surface area contributed by atoms with Crippen LogP contribution in [-0.2, 0) is 0 Å². The van der Waals surface area contributed by atoms with Gasteiger partial charge in [-0.3, -0.25) is 0 Å². The quantitative estimate of drug-likeness (QED) is 0.853. The molecule has 0 aliphatic carbocycles. The van der Waals surface area contributed by atoms with Gasteiger partial charge >= 0.3 is 0 Å². The molecule has 2 rings (SSSR count). The van der Waals surface area contributed by atoms with Gasteiger partial charge in [0, 0.05) is 5.39 Å². The van der Waals surface area contributed by atoms with Crippen LogP contribution in [0, 0.1) is 18.2 Å². The second-order valence-electron chi connectivity index (χ2n) is 6.51. The highest BCUT2D eigenvalue weighted by Crippen LogP contribution is 2.37. The van der Waals surface area contributed by atoms with Crippen LogP contribution in [0.4, 0.5) is 4.39 Å². The van der Waals surface area contributed by atoms with Gasteiger partial charge in [0.1, 0.15) is 5.76 Å². The summed E-state index contributed by atoms with van der Waals surface area (Å²) in [5.41, 5.74) is 1.42. The lowest BCUT2D eigenvalue weighted by molar-refractivity contribution is 0.241. The number of fused-ring (bicyclic) bond motifs is 1. The van der Waals surface area contributed by atoms with Gasteiger partial charge in [0.05, 0.1) is 6.04 Å². The molecule has 2 aromatic rings. The monoisotopic (exact) mass is 277 g/mol. The van der Waals surface area contributed by atoms with Crippen LogP contribution in [0.25, 0.3) is 11.0 Å². The Bertz CT molecular complexity index is 556. The average molecular weight is 277 g/mol. The molecule has 3 heteroatoms. The largest absolute Gasteiger partial charge is 0.456 e. The Balaban J connectivity index is 2.49. The SMILES string of the molecule is CCCNC(c1cc2c(C)ccc(F)c2o1)C(C)(C)C. The molecule has 1 heterocycles. The summed E-state index contributed by atoms with van der Waals surface area (Å²) in [6.45, 7) is 11.5. The van der Waals surface area contributed by atoms with Crippen molar-refractivity contribution in [2.24, 2.45) is 5.41 Å². The van der Waals surface area contributed by atoms with Crippen molar-refractivity contribution < 1.29 is 8.81 Å². The van der Waals surface area contributed by atoms with E-state index < -0.39 is 0 Å². The predicted octanol–water partition coefficient (Wildman–Crippen LogP) is 4.97. The topological polar surface area (TPSA) is 25.2 Å². The molecule has 0 amide bonds. The van der Waals surface area contributed by atoms with Crippen LogP contribution in [0.2, 0.25) is 0 Å². The fourth-order valence-electron chi connectivity index (χ4n) is 2.51. The van der Waals surface area contributed by atoms with Gasteiger partial charge in [-0.2, -0.15) is 0 Å². The third-order valence-electron chi connectivity index (χ3n) is 3.62. The molecule has 1 atom stereocenters. The molecule has 0 fully saturated rings. The number of furan rings is 1. The molecule has 20 heavy (non-hydrogen) atoms. The zero-order valence-electron chi connectivity index (χ0n) is 13.0. The lowest BCUT2D eigenvalue weighted by atomic mass is 9.85. The van der Waals surface area contributed by atoms with Crippen molar-refractivity contribution in [3.63, 3.8) is 0 Å². The minimum absolute atomic E-state index is 0.00737. The van der Waals surface area contributed by atoms with E-state index in [1.165, 1.54) is 6.07 Å². The fraction of sp³-hybridized carbons (Fsp3) is 0.529. The van der Waals surface area contributed by atoms with Crippen LogP contribution in [-0.4, -0.2) is 6.54 Å². The highest BCUT2D eigenvalue weighted by Gasteiger charge is 2.29. The summed E-state index contributed by atoms with van der Waals surface area (Å²) < 4.78 is 19.7. The van der Waals surface area contributed by atoms with E-state index in [4.69, 9.17) is 4.42 Å². The Kier molecular flexibility index (Phi) is 4.19. The van der Waals surface area contributed by atoms with Crippen LogP contribution < -0.4 is 5.32 Å². The number of hydrogen-bond donors (Lipinski definition) is 1. The number of halogens is 1. The van der Waals surface area contributed by atoms with Gasteiger partial charge < -0.3 is 9.73 Å². The summed E-state index contributed by atoms with van der Waals surface area (Å²) in [5, 5.41) is 4.38. The molecule has 0 spiro atoms. The second-order valence-corrected chi connectivity index (χ2v) is 6.51. The minimum atomic E-state index is -0.292. The van der Waals surface area contributed by atoms with Gasteiger partial charge in [-0.05, 0) is 43.0 Å². The van der Waals surface area contributed by atoms with E-state index >= 15 is 0 Å². The predicted molar refractivity (Wildman–Crippen MR) is 81.4 cm³/mol. The smallest absolute Gasteiger partial charge is 0.170 e. The summed E-state index contributed by atoms with van der Waals surface area (Å²) in [7, 11) is 0. The van der Waals surface area contributed by atoms with Crippen molar-refractivity contribution in [1.82, 2.24) is 5.32 Å². The van der Waals surface area contributed by atoms with E-state index in [0.29, 0.717) is 5.58 Å². The number of hydrogen-bond acceptors (Lipinski definition) is 2. The fourth-order valence-corrected chi connectivity index (χ4v) is 2.51. The summed E-state index contributed by atoms with van der Waals surface area (Å²) in [6.07, 6.45) is 1.06. The van der Waals surface area contributed by atoms with Crippen LogP contribution in [0.5, 0.6) is 0 Å². The Labute approximate surface area is 120 Å². The number of aryl methyl sites for hydroxylation is 1. The molecule has 1 N–H and O–H groups in total. The molecule has 0 radical (unpaired) electrons. The summed E-state index contributed by atoms with van der Waals surface area (Å²) in [6, 6.07) is 5.32. The van der Waals surface area contributed by atoms with E-state index in [2.05, 4.69) is 33.0 Å². The van der Waals surface area contributed by atoms with Crippen LogP contribution >= 0.6 is 0 Å². The Morgan fingerprint density at radius 1 is 1.30 bits per heavy atom. The van der Waals surface area contributed by atoms with Crippen LogP contribution in [0.1, 0.15) is 51.5 Å². The maximum atomic E-state index is 13.9. The third-order valence-corrected chi connectivity index (χ3v) is 3.62. The van der Waals surface area contributed by atoms with Gasteiger partial charge in [-0.1, -0.05) is 33.8 Å². The maximum Gasteiger partial charge on any atom is 0.170 e. The number of nitrogens with one attached hydrogen (secondary N) is 1. The Hall–Kier alpha value is -1.35. The normalized spacial score (nSPS) is 13.9. The van der Waals surface area contributed by atoms with E-state index in [0.717, 1.165) is 29.7 Å². The highest BCUT2D eigenvalue weighted by molar-refractivity contribution is 5.82. The van der Waals surface area contributed by atoms with Crippen LogP contribution in [0.3, 0.4) is 0 Å². The highest BCUT2D eigenvalue weighted by atomic mass is 19.1. The molecule has 1 aromatic carbocycles. The van der Waals surface area contributed by atoms with E-state index in [1.54, 1.807) is 6.07 Å². The lowest BCUT2D eigenvalue weighted by Crippen LogP contribution is -2.32. The first-order chi connectivity index (χ1) is 9.34. The van der Waals surface area contributed by atoms with Crippen molar-refractivity contribution in [3.05, 3.63) is 35.3 Å². The second kappa shape index (κ2) is 5.57. The third kappa shape index (κ3) is 2.88. The lowest BCUT2D eigenvalue weighted by Gasteiger charge is -2.29. The number of rotatable bonds is 4. The Morgan fingerprint density at radius 2 is 2.00 bits per heavy atom. The van der Waals surface area contributed by atoms with Crippen molar-refractivity contribution >= 4 is 11.0 Å².